The summed E-state index contributed by atoms with van der Waals surface area (Å²) >= 11 is 0. The third kappa shape index (κ3) is 4.19. The van der Waals surface area contributed by atoms with Crippen LogP contribution in [0.3, 0.4) is 0 Å². The molecule has 13 heteroatoms. The van der Waals surface area contributed by atoms with Crippen LogP contribution in [0.4, 0.5) is 25.5 Å². The van der Waals surface area contributed by atoms with E-state index in [4.69, 9.17) is 0 Å². The number of urea groups is 2. The second-order valence-corrected chi connectivity index (χ2v) is 6.57. The van der Waals surface area contributed by atoms with Gasteiger partial charge < -0.3 is 15.5 Å². The molecule has 3 aromatic rings. The van der Waals surface area contributed by atoms with Gasteiger partial charge in [0.05, 0.1) is 6.54 Å². The Morgan fingerprint density at radius 1 is 1.27 bits per heavy atom. The number of anilines is 2. The van der Waals surface area contributed by atoms with Gasteiger partial charge in [0.25, 0.3) is 0 Å². The summed E-state index contributed by atoms with van der Waals surface area (Å²) in [6, 6.07) is 5.09. The Labute approximate surface area is 170 Å². The van der Waals surface area contributed by atoms with Crippen molar-refractivity contribution in [3.63, 3.8) is 0 Å². The van der Waals surface area contributed by atoms with Crippen LogP contribution >= 0.6 is 0 Å². The smallest absolute Gasteiger partial charge is 0.324 e. The largest absolute Gasteiger partial charge is 0.336 e. The molecule has 3 N–H and O–H groups in total. The number of carbonyl (C=O) groups excluding carboxylic acids is 2. The van der Waals surface area contributed by atoms with Crippen LogP contribution in [0.15, 0.2) is 30.5 Å². The van der Waals surface area contributed by atoms with Gasteiger partial charge in [-0.05, 0) is 35.5 Å². The van der Waals surface area contributed by atoms with Gasteiger partial charge in [0.1, 0.15) is 11.5 Å². The molecular weight excluding hydrogens is 395 g/mol. The van der Waals surface area contributed by atoms with Crippen molar-refractivity contribution < 1.29 is 14.0 Å². The Morgan fingerprint density at radius 2 is 2.13 bits per heavy atom. The van der Waals surface area contributed by atoms with Crippen LogP contribution in [0, 0.1) is 12.7 Å². The Hall–Kier alpha value is -4.03. The number of aromatic nitrogens is 6. The summed E-state index contributed by atoms with van der Waals surface area (Å²) in [5.41, 5.74) is 0.476. The molecule has 1 saturated heterocycles. The van der Waals surface area contributed by atoms with Crippen LogP contribution in [0.1, 0.15) is 5.82 Å². The van der Waals surface area contributed by atoms with Crippen molar-refractivity contribution in [3.05, 3.63) is 42.1 Å². The monoisotopic (exact) mass is 414 g/mol. The maximum absolute atomic E-state index is 14.1. The molecule has 1 fully saturated rings. The van der Waals surface area contributed by atoms with Crippen LogP contribution < -0.4 is 16.0 Å². The highest BCUT2D eigenvalue weighted by atomic mass is 19.1. The van der Waals surface area contributed by atoms with E-state index in [1.807, 2.05) is 0 Å². The molecule has 2 aromatic heterocycles. The van der Waals surface area contributed by atoms with Gasteiger partial charge in [-0.1, -0.05) is 0 Å². The maximum Gasteiger partial charge on any atom is 0.324 e. The van der Waals surface area contributed by atoms with E-state index in [2.05, 4.69) is 36.6 Å². The number of tetrazole rings is 1. The minimum atomic E-state index is -0.537. The van der Waals surface area contributed by atoms with Crippen molar-refractivity contribution in [2.45, 2.75) is 13.5 Å². The maximum atomic E-state index is 14.1. The molecule has 0 atom stereocenters. The number of rotatable bonds is 6. The first kappa shape index (κ1) is 19.3. The minimum absolute atomic E-state index is 0.0876. The summed E-state index contributed by atoms with van der Waals surface area (Å²) in [4.78, 5) is 25.5. The van der Waals surface area contributed by atoms with E-state index in [-0.39, 0.29) is 11.7 Å². The molecule has 1 aliphatic heterocycles. The van der Waals surface area contributed by atoms with Crippen LogP contribution in [0.2, 0.25) is 0 Å². The average Bonchev–Trinajstić information content (AvgIpc) is 3.44. The number of carbonyl (C=O) groups is 2. The highest BCUT2D eigenvalue weighted by Gasteiger charge is 2.19. The van der Waals surface area contributed by atoms with E-state index in [0.29, 0.717) is 43.5 Å². The lowest BCUT2D eigenvalue weighted by atomic mass is 10.2. The molecule has 0 spiro atoms. The van der Waals surface area contributed by atoms with Gasteiger partial charge in [-0.3, -0.25) is 10.00 Å². The highest BCUT2D eigenvalue weighted by molar-refractivity contribution is 5.99. The Morgan fingerprint density at radius 3 is 2.87 bits per heavy atom. The minimum Gasteiger partial charge on any atom is -0.336 e. The van der Waals surface area contributed by atoms with Gasteiger partial charge in [0.15, 0.2) is 11.6 Å². The quantitative estimate of drug-likeness (QED) is 0.550. The van der Waals surface area contributed by atoms with Gasteiger partial charge in [0, 0.05) is 37.6 Å². The molecule has 0 radical (unpaired) electrons. The molecule has 0 unspecified atom stereocenters. The summed E-state index contributed by atoms with van der Waals surface area (Å²) in [5.74, 6) is 0.228. The van der Waals surface area contributed by atoms with Crippen molar-refractivity contribution in [2.75, 3.05) is 30.3 Å². The molecule has 4 rings (SSSR count). The van der Waals surface area contributed by atoms with Crippen molar-refractivity contribution >= 4 is 23.6 Å². The zero-order valence-corrected chi connectivity index (χ0v) is 16.0. The van der Waals surface area contributed by atoms with Gasteiger partial charge >= 0.3 is 12.1 Å². The summed E-state index contributed by atoms with van der Waals surface area (Å²) in [5, 5.41) is 23.2. The Bertz CT molecular complexity index is 1080. The van der Waals surface area contributed by atoms with E-state index in [1.165, 1.54) is 22.9 Å². The fraction of sp³-hybridized carbons (Fsp3) is 0.294. The fourth-order valence-corrected chi connectivity index (χ4v) is 2.99. The Kier molecular flexibility index (Phi) is 5.24. The lowest BCUT2D eigenvalue weighted by Crippen LogP contribution is -2.31. The van der Waals surface area contributed by atoms with E-state index in [0.717, 1.165) is 0 Å². The second kappa shape index (κ2) is 8.14. The molecule has 1 aliphatic rings. The molecule has 156 valence electrons. The number of nitrogens with zero attached hydrogens (tertiary/aromatic N) is 7. The van der Waals surface area contributed by atoms with Crippen LogP contribution in [-0.2, 0) is 6.54 Å². The standard InChI is InChI=1S/C17H19FN10O2/c1-11-22-24-25-28(11)14-10-12(2-3-13(14)18)20-16(29)21-15-4-6-27(23-15)9-8-26-7-5-19-17(26)30/h2-4,6,10H,5,7-9H2,1H3,(H,19,30)(H2,20,21,23,29). The first-order valence-electron chi connectivity index (χ1n) is 9.19. The number of amides is 4. The van der Waals surface area contributed by atoms with E-state index in [9.17, 15) is 14.0 Å². The highest BCUT2D eigenvalue weighted by Crippen LogP contribution is 2.19. The van der Waals surface area contributed by atoms with E-state index < -0.39 is 11.8 Å². The molecule has 30 heavy (non-hydrogen) atoms. The van der Waals surface area contributed by atoms with E-state index in [1.54, 1.807) is 28.8 Å². The SMILES string of the molecule is Cc1nnnn1-c1cc(NC(=O)Nc2ccn(CCN3CCNC3=O)n2)ccc1F. The summed E-state index contributed by atoms with van der Waals surface area (Å²) in [6.45, 7) is 3.97. The molecule has 3 heterocycles. The van der Waals surface area contributed by atoms with Gasteiger partial charge in [0.2, 0.25) is 0 Å². The first-order valence-corrected chi connectivity index (χ1v) is 9.19. The molecule has 1 aromatic carbocycles. The number of aryl methyl sites for hydroxylation is 1. The second-order valence-electron chi connectivity index (χ2n) is 6.57. The lowest BCUT2D eigenvalue weighted by Gasteiger charge is -2.13. The van der Waals surface area contributed by atoms with Gasteiger partial charge in [-0.15, -0.1) is 5.10 Å². The zero-order chi connectivity index (χ0) is 21.1. The molecule has 12 nitrogen and oxygen atoms in total. The van der Waals surface area contributed by atoms with Crippen molar-refractivity contribution in [1.82, 2.24) is 40.2 Å². The zero-order valence-electron chi connectivity index (χ0n) is 16.0. The fourth-order valence-electron chi connectivity index (χ4n) is 2.99. The predicted octanol–water partition coefficient (Wildman–Crippen LogP) is 0.976. The third-order valence-corrected chi connectivity index (χ3v) is 4.48. The van der Waals surface area contributed by atoms with Crippen LogP contribution in [0.5, 0.6) is 0 Å². The average molecular weight is 414 g/mol. The number of hydrogen-bond donors (Lipinski definition) is 3. The summed E-state index contributed by atoms with van der Waals surface area (Å²) in [7, 11) is 0. The molecule has 4 amide bonds. The van der Waals surface area contributed by atoms with Gasteiger partial charge in [-0.2, -0.15) is 9.78 Å². The molecule has 0 saturated carbocycles. The molecule has 0 aliphatic carbocycles. The number of hydrogen-bond acceptors (Lipinski definition) is 6. The van der Waals surface area contributed by atoms with Crippen molar-refractivity contribution in [2.24, 2.45) is 0 Å². The first-order chi connectivity index (χ1) is 14.5. The number of halogens is 1. The lowest BCUT2D eigenvalue weighted by molar-refractivity contribution is 0.215. The normalized spacial score (nSPS) is 13.4. The van der Waals surface area contributed by atoms with Crippen molar-refractivity contribution in [1.29, 1.82) is 0 Å². The Balaban J connectivity index is 1.35. The van der Waals surface area contributed by atoms with Crippen LogP contribution in [0.25, 0.3) is 5.69 Å². The summed E-state index contributed by atoms with van der Waals surface area (Å²) in [6.07, 6.45) is 1.71. The molecular formula is C17H19FN10O2. The van der Waals surface area contributed by atoms with E-state index >= 15 is 0 Å². The molecule has 0 bridgehead atoms. The number of benzene rings is 1. The van der Waals surface area contributed by atoms with Crippen molar-refractivity contribution in [3.8, 4) is 5.69 Å². The topological polar surface area (TPSA) is 135 Å². The van der Waals surface area contributed by atoms with Crippen LogP contribution in [-0.4, -0.2) is 66.6 Å². The summed E-state index contributed by atoms with van der Waals surface area (Å²) < 4.78 is 17.0. The predicted molar refractivity (Wildman–Crippen MR) is 104 cm³/mol. The van der Waals surface area contributed by atoms with Gasteiger partial charge in [-0.25, -0.2) is 14.0 Å². The number of nitrogens with one attached hydrogen (secondary N) is 3. The third-order valence-electron chi connectivity index (χ3n) is 4.48.